The zero-order valence-corrected chi connectivity index (χ0v) is 24.5. The molecule has 14 heteroatoms. The second kappa shape index (κ2) is 11.7. The average molecular weight is 609 g/mol. The zero-order valence-electron chi connectivity index (χ0n) is 23.6. The Morgan fingerprint density at radius 3 is 2.62 bits per heavy atom. The van der Waals surface area contributed by atoms with Crippen LogP contribution in [0.5, 0.6) is 5.88 Å². The van der Waals surface area contributed by atoms with E-state index in [1.807, 2.05) is 7.05 Å². The smallest absolute Gasteiger partial charge is 0.388 e. The first-order chi connectivity index (χ1) is 19.8. The lowest BCUT2D eigenvalue weighted by atomic mass is 9.81. The topological polar surface area (TPSA) is 121 Å². The summed E-state index contributed by atoms with van der Waals surface area (Å²) in [6.07, 6.45) is -1.03. The summed E-state index contributed by atoms with van der Waals surface area (Å²) >= 11 is 0. The monoisotopic (exact) mass is 608 g/mol. The van der Waals surface area contributed by atoms with Crippen LogP contribution in [0.15, 0.2) is 47.6 Å². The number of hydrogen-bond acceptors (Lipinski definition) is 8. The number of alkyl halides is 3. The Morgan fingerprint density at radius 1 is 1.19 bits per heavy atom. The number of rotatable bonds is 9. The highest BCUT2D eigenvalue weighted by Crippen LogP contribution is 2.37. The van der Waals surface area contributed by atoms with Crippen LogP contribution < -0.4 is 10.1 Å². The molecular formula is C28H35F3N6O4S. The molecule has 1 saturated heterocycles. The lowest BCUT2D eigenvalue weighted by Gasteiger charge is -2.44. The highest BCUT2D eigenvalue weighted by Gasteiger charge is 2.44. The molecule has 1 aromatic carbocycles. The molecular weight excluding hydrogens is 573 g/mol. The Kier molecular flexibility index (Phi) is 8.39. The zero-order chi connectivity index (χ0) is 30.2. The van der Waals surface area contributed by atoms with Crippen LogP contribution in [0.4, 0.5) is 19.0 Å². The van der Waals surface area contributed by atoms with Crippen molar-refractivity contribution in [2.24, 2.45) is 5.92 Å². The van der Waals surface area contributed by atoms with Gasteiger partial charge in [-0.2, -0.15) is 4.98 Å². The minimum atomic E-state index is -4.90. The number of halogens is 3. The number of hydrogen-bond donors (Lipinski definition) is 2. The van der Waals surface area contributed by atoms with E-state index in [9.17, 15) is 26.4 Å². The van der Waals surface area contributed by atoms with Crippen molar-refractivity contribution >= 4 is 21.6 Å². The lowest BCUT2D eigenvalue weighted by molar-refractivity contribution is -0.276. The van der Waals surface area contributed by atoms with E-state index in [0.29, 0.717) is 31.8 Å². The van der Waals surface area contributed by atoms with Crippen LogP contribution in [-0.4, -0.2) is 89.0 Å². The Balaban J connectivity index is 1.35. The third kappa shape index (κ3) is 6.48. The molecule has 0 radical (unpaired) electrons. The average Bonchev–Trinajstić information content (AvgIpc) is 3.50. The van der Waals surface area contributed by atoms with Gasteiger partial charge in [0.2, 0.25) is 11.8 Å². The molecule has 10 nitrogen and oxygen atoms in total. The predicted octanol–water partition coefficient (Wildman–Crippen LogP) is 4.17. The van der Waals surface area contributed by atoms with Crippen LogP contribution in [0.1, 0.15) is 39.5 Å². The van der Waals surface area contributed by atoms with E-state index in [1.54, 1.807) is 35.2 Å². The van der Waals surface area contributed by atoms with Crippen molar-refractivity contribution in [3.05, 3.63) is 42.7 Å². The van der Waals surface area contributed by atoms with Gasteiger partial charge in [-0.15, -0.1) is 13.2 Å². The van der Waals surface area contributed by atoms with Gasteiger partial charge in [-0.1, -0.05) is 18.2 Å². The van der Waals surface area contributed by atoms with Gasteiger partial charge in [-0.3, -0.25) is 4.79 Å². The number of carbonyl (C=O) groups excluding carboxylic acids is 1. The number of ether oxygens (including phenoxy) is 1. The molecule has 0 unspecified atom stereocenters. The summed E-state index contributed by atoms with van der Waals surface area (Å²) in [5, 5.41) is 3.08. The first kappa shape index (κ1) is 30.1. The van der Waals surface area contributed by atoms with Crippen LogP contribution in [0.2, 0.25) is 0 Å². The van der Waals surface area contributed by atoms with Gasteiger partial charge in [-0.25, -0.2) is 13.4 Å². The Hall–Kier alpha value is -3.39. The molecule has 2 N–H and O–H groups in total. The summed E-state index contributed by atoms with van der Waals surface area (Å²) in [6, 6.07) is 9.04. The van der Waals surface area contributed by atoms with Gasteiger partial charge >= 0.3 is 6.36 Å². The van der Waals surface area contributed by atoms with Crippen molar-refractivity contribution in [1.82, 2.24) is 24.8 Å². The molecule has 3 heterocycles. The minimum Gasteiger partial charge on any atom is -0.388 e. The number of fused-ring (bicyclic) bond motifs is 1. The van der Waals surface area contributed by atoms with E-state index < -0.39 is 28.1 Å². The molecule has 5 rings (SSSR count). The van der Waals surface area contributed by atoms with Crippen molar-refractivity contribution in [1.29, 1.82) is 0 Å². The summed E-state index contributed by atoms with van der Waals surface area (Å²) in [4.78, 5) is 28.7. The number of H-pyrrole nitrogens is 1. The second-order valence-corrected chi connectivity index (χ2v) is 13.4. The number of carbonyl (C=O) groups is 1. The normalized spacial score (nSPS) is 23.7. The molecule has 0 bridgehead atoms. The van der Waals surface area contributed by atoms with Gasteiger partial charge in [0.05, 0.1) is 22.5 Å². The molecule has 42 heavy (non-hydrogen) atoms. The molecule has 0 spiro atoms. The van der Waals surface area contributed by atoms with Crippen LogP contribution in [-0.2, 0) is 14.6 Å². The van der Waals surface area contributed by atoms with E-state index in [0.717, 1.165) is 12.5 Å². The standard InChI is InChI=1S/C28H35F3N6O4S/c1-17(2)36(3)19-9-10-23(18(13-19)15-42(39,40)20-7-5-4-6-8-20)37-12-11-22(27(37)38)34-25-21-14-24(41-28(29,30)31)35-26(21)33-16-32-25/h4-8,14,16-19,22-23H,9-13,15H2,1-3H3,(H2,32,33,34,35)/t18-,19+,22-,23-/m0/s1. The fourth-order valence-corrected chi connectivity index (χ4v) is 7.82. The highest BCUT2D eigenvalue weighted by atomic mass is 32.2. The SMILES string of the molecule is CC(C)N(C)[C@@H]1CC[C@H](N2CC[C@H](Nc3nc[nH]c4nc(OC(F)(F)F)cc3-4)C2=O)[C@H](CS(=O)(=O)c2ccccc2)C1. The molecule has 4 aliphatic rings. The number of likely N-dealkylation sites (tertiary alicyclic amines) is 1. The van der Waals surface area contributed by atoms with Crippen molar-refractivity contribution < 1.29 is 31.1 Å². The molecule has 1 saturated carbocycles. The third-order valence-electron chi connectivity index (χ3n) is 8.41. The number of aromatic nitrogens is 3. The van der Waals surface area contributed by atoms with E-state index in [1.165, 1.54) is 6.33 Å². The first-order valence-corrected chi connectivity index (χ1v) is 15.6. The van der Waals surface area contributed by atoms with Crippen molar-refractivity contribution in [2.45, 2.75) is 75.0 Å². The first-order valence-electron chi connectivity index (χ1n) is 14.0. The molecule has 228 valence electrons. The quantitative estimate of drug-likeness (QED) is 0.372. The van der Waals surface area contributed by atoms with Crippen LogP contribution in [0.25, 0.3) is 11.4 Å². The van der Waals surface area contributed by atoms with E-state index in [4.69, 9.17) is 0 Å². The van der Waals surface area contributed by atoms with Gasteiger partial charge < -0.3 is 24.8 Å². The van der Waals surface area contributed by atoms with Gasteiger partial charge in [0, 0.05) is 30.7 Å². The summed E-state index contributed by atoms with van der Waals surface area (Å²) in [5.74, 6) is -0.812. The lowest BCUT2D eigenvalue weighted by Crippen LogP contribution is -2.52. The summed E-state index contributed by atoms with van der Waals surface area (Å²) in [6.45, 7) is 4.64. The third-order valence-corrected chi connectivity index (χ3v) is 10.3. The summed E-state index contributed by atoms with van der Waals surface area (Å²) < 4.78 is 69.0. The fraction of sp³-hybridized carbons (Fsp3) is 0.536. The minimum absolute atomic E-state index is 0.0656. The molecule has 1 amide bonds. The van der Waals surface area contributed by atoms with Crippen LogP contribution >= 0.6 is 0 Å². The van der Waals surface area contributed by atoms with Crippen LogP contribution in [0, 0.1) is 5.92 Å². The number of benzene rings is 1. The number of amides is 1. The Morgan fingerprint density at radius 2 is 1.93 bits per heavy atom. The van der Waals surface area contributed by atoms with E-state index >= 15 is 0 Å². The highest BCUT2D eigenvalue weighted by molar-refractivity contribution is 7.91. The van der Waals surface area contributed by atoms with Crippen molar-refractivity contribution in [2.75, 3.05) is 24.7 Å². The molecule has 0 aromatic heterocycles. The van der Waals surface area contributed by atoms with Crippen molar-refractivity contribution in [3.63, 3.8) is 0 Å². The van der Waals surface area contributed by atoms with Gasteiger partial charge in [0.25, 0.3) is 0 Å². The number of nitrogens with zero attached hydrogens (tertiary/aromatic N) is 4. The Labute approximate surface area is 242 Å². The maximum absolute atomic E-state index is 13.7. The number of anilines is 1. The van der Waals surface area contributed by atoms with Gasteiger partial charge in [0.15, 0.2) is 9.84 Å². The number of aromatic amines is 1. The molecule has 2 fully saturated rings. The summed E-state index contributed by atoms with van der Waals surface area (Å²) in [7, 11) is -1.54. The van der Waals surface area contributed by atoms with E-state index in [2.05, 4.69) is 43.8 Å². The maximum Gasteiger partial charge on any atom is 0.574 e. The van der Waals surface area contributed by atoms with Gasteiger partial charge in [0.1, 0.15) is 17.7 Å². The molecule has 1 aromatic rings. The molecule has 1 aliphatic carbocycles. The predicted molar refractivity (Wildman–Crippen MR) is 150 cm³/mol. The van der Waals surface area contributed by atoms with Crippen molar-refractivity contribution in [3.8, 4) is 17.3 Å². The fourth-order valence-electron chi connectivity index (χ4n) is 6.14. The van der Waals surface area contributed by atoms with Gasteiger partial charge in [-0.05, 0) is 64.6 Å². The second-order valence-electron chi connectivity index (χ2n) is 11.3. The summed E-state index contributed by atoms with van der Waals surface area (Å²) in [5.41, 5.74) is 0.257. The molecule has 3 aliphatic heterocycles. The Bertz CT molecular complexity index is 1470. The largest absolute Gasteiger partial charge is 0.574 e. The number of sulfone groups is 1. The van der Waals surface area contributed by atoms with Crippen LogP contribution in [0.3, 0.4) is 0 Å². The maximum atomic E-state index is 13.7. The molecule has 4 atom stereocenters. The number of nitrogens with one attached hydrogen (secondary N) is 2. The van der Waals surface area contributed by atoms with E-state index in [-0.39, 0.29) is 51.8 Å².